The number of ether oxygens (including phenoxy) is 1. The van der Waals surface area contributed by atoms with Crippen LogP contribution in [-0.4, -0.2) is 41.5 Å². The van der Waals surface area contributed by atoms with Crippen LogP contribution in [-0.2, 0) is 14.3 Å². The largest absolute Gasteiger partial charge is 0.376 e. The molecule has 3 rings (SSSR count). The van der Waals surface area contributed by atoms with Gasteiger partial charge in [-0.3, -0.25) is 14.5 Å². The maximum Gasteiger partial charge on any atom is 0.229 e. The number of rotatable bonds is 1. The maximum atomic E-state index is 12.1. The van der Waals surface area contributed by atoms with Crippen LogP contribution in [0, 0.1) is 11.8 Å². The molecular weight excluding hydrogens is 232 g/mol. The Morgan fingerprint density at radius 2 is 1.94 bits per heavy atom. The molecule has 0 radical (unpaired) electrons. The van der Waals surface area contributed by atoms with Gasteiger partial charge in [-0.25, -0.2) is 0 Å². The van der Waals surface area contributed by atoms with E-state index in [1.165, 1.54) is 4.90 Å². The molecule has 18 heavy (non-hydrogen) atoms. The second-order valence-corrected chi connectivity index (χ2v) is 5.88. The van der Waals surface area contributed by atoms with Crippen LogP contribution >= 0.6 is 0 Å². The lowest BCUT2D eigenvalue weighted by molar-refractivity contribution is -0.182. The molecule has 2 N–H and O–H groups in total. The molecule has 3 fully saturated rings. The molecule has 100 valence electrons. The zero-order valence-electron chi connectivity index (χ0n) is 10.7. The zero-order chi connectivity index (χ0) is 12.9. The van der Waals surface area contributed by atoms with Gasteiger partial charge in [-0.05, 0) is 18.8 Å². The van der Waals surface area contributed by atoms with Crippen LogP contribution in [0.25, 0.3) is 0 Å². The van der Waals surface area contributed by atoms with E-state index in [1.807, 2.05) is 6.92 Å². The standard InChI is InChI=1S/C13H20N2O3/c1-7-5-9(16)15(10(17)6-7)12-11(14)8-3-2-4-18-13(8)12/h7-8,11-13H,2-6,14H2,1H3. The molecule has 1 aliphatic carbocycles. The Kier molecular flexibility index (Phi) is 2.90. The minimum absolute atomic E-state index is 0.0185. The molecule has 0 aromatic rings. The number of nitrogens with zero attached hydrogens (tertiary/aromatic N) is 1. The molecule has 0 spiro atoms. The number of carbonyl (C=O) groups is 2. The van der Waals surface area contributed by atoms with E-state index in [1.54, 1.807) is 0 Å². The van der Waals surface area contributed by atoms with Crippen LogP contribution in [0.4, 0.5) is 0 Å². The summed E-state index contributed by atoms with van der Waals surface area (Å²) < 4.78 is 5.71. The van der Waals surface area contributed by atoms with E-state index in [9.17, 15) is 9.59 Å². The lowest BCUT2D eigenvalue weighted by atomic mass is 9.67. The normalized spacial score (nSPS) is 41.6. The Bertz CT molecular complexity index is 366. The second-order valence-electron chi connectivity index (χ2n) is 5.88. The fourth-order valence-electron chi connectivity index (χ4n) is 3.57. The van der Waals surface area contributed by atoms with Gasteiger partial charge in [0.25, 0.3) is 0 Å². The number of amides is 2. The Hall–Kier alpha value is -0.940. The van der Waals surface area contributed by atoms with Crippen molar-refractivity contribution < 1.29 is 14.3 Å². The highest BCUT2D eigenvalue weighted by molar-refractivity contribution is 5.98. The van der Waals surface area contributed by atoms with Crippen molar-refractivity contribution in [3.63, 3.8) is 0 Å². The van der Waals surface area contributed by atoms with Crippen LogP contribution in [0.15, 0.2) is 0 Å². The number of hydrogen-bond acceptors (Lipinski definition) is 4. The van der Waals surface area contributed by atoms with E-state index >= 15 is 0 Å². The molecule has 4 atom stereocenters. The third-order valence-corrected chi connectivity index (χ3v) is 4.52. The number of piperidine rings is 1. The highest BCUT2D eigenvalue weighted by Crippen LogP contribution is 2.41. The highest BCUT2D eigenvalue weighted by Gasteiger charge is 2.56. The van der Waals surface area contributed by atoms with Gasteiger partial charge in [0, 0.05) is 31.4 Å². The maximum absolute atomic E-state index is 12.1. The summed E-state index contributed by atoms with van der Waals surface area (Å²) in [7, 11) is 0. The predicted octanol–water partition coefficient (Wildman–Crippen LogP) is 0.276. The molecule has 2 heterocycles. The van der Waals surface area contributed by atoms with E-state index in [0.717, 1.165) is 19.4 Å². The SMILES string of the molecule is CC1CC(=O)N(C2C(N)C3CCCOC32)C(=O)C1. The van der Waals surface area contributed by atoms with Gasteiger partial charge in [0.05, 0.1) is 12.1 Å². The van der Waals surface area contributed by atoms with Gasteiger partial charge in [-0.15, -0.1) is 0 Å². The highest BCUT2D eigenvalue weighted by atomic mass is 16.5. The molecule has 2 amide bonds. The van der Waals surface area contributed by atoms with Crippen molar-refractivity contribution in [2.45, 2.75) is 50.8 Å². The van der Waals surface area contributed by atoms with E-state index in [0.29, 0.717) is 18.8 Å². The summed E-state index contributed by atoms with van der Waals surface area (Å²) in [6, 6.07) is -0.320. The van der Waals surface area contributed by atoms with Crippen molar-refractivity contribution in [2.75, 3.05) is 6.61 Å². The molecule has 5 heteroatoms. The third-order valence-electron chi connectivity index (χ3n) is 4.52. The first-order valence-electron chi connectivity index (χ1n) is 6.81. The molecule has 3 aliphatic rings. The summed E-state index contributed by atoms with van der Waals surface area (Å²) in [6.45, 7) is 2.66. The van der Waals surface area contributed by atoms with Gasteiger partial charge in [0.2, 0.25) is 11.8 Å². The summed E-state index contributed by atoms with van der Waals surface area (Å²) >= 11 is 0. The van der Waals surface area contributed by atoms with Crippen molar-refractivity contribution in [3.8, 4) is 0 Å². The Morgan fingerprint density at radius 1 is 1.28 bits per heavy atom. The molecule has 2 aliphatic heterocycles. The molecule has 0 aromatic carbocycles. The smallest absolute Gasteiger partial charge is 0.229 e. The lowest BCUT2D eigenvalue weighted by Crippen LogP contribution is -2.74. The van der Waals surface area contributed by atoms with Gasteiger partial charge >= 0.3 is 0 Å². The molecule has 0 aromatic heterocycles. The number of likely N-dealkylation sites (tertiary alicyclic amines) is 1. The first kappa shape index (κ1) is 12.1. The molecule has 4 unspecified atom stereocenters. The van der Waals surface area contributed by atoms with Gasteiger partial charge < -0.3 is 10.5 Å². The fraction of sp³-hybridized carbons (Fsp3) is 0.846. The number of hydrogen-bond donors (Lipinski definition) is 1. The van der Waals surface area contributed by atoms with Crippen molar-refractivity contribution in [1.29, 1.82) is 0 Å². The second kappa shape index (κ2) is 4.31. The van der Waals surface area contributed by atoms with Crippen LogP contribution in [0.5, 0.6) is 0 Å². The molecular formula is C13H20N2O3. The predicted molar refractivity (Wildman–Crippen MR) is 64.5 cm³/mol. The number of imide groups is 1. The molecule has 5 nitrogen and oxygen atoms in total. The van der Waals surface area contributed by atoms with Crippen molar-refractivity contribution in [2.24, 2.45) is 17.6 Å². The lowest BCUT2D eigenvalue weighted by Gasteiger charge is -2.56. The molecule has 0 bridgehead atoms. The Labute approximate surface area is 107 Å². The minimum Gasteiger partial charge on any atom is -0.376 e. The monoisotopic (exact) mass is 252 g/mol. The van der Waals surface area contributed by atoms with E-state index < -0.39 is 0 Å². The summed E-state index contributed by atoms with van der Waals surface area (Å²) in [5, 5.41) is 0. The van der Waals surface area contributed by atoms with Crippen molar-refractivity contribution in [1.82, 2.24) is 4.90 Å². The first-order valence-corrected chi connectivity index (χ1v) is 6.81. The average Bonchev–Trinajstić information content (AvgIpc) is 2.33. The summed E-state index contributed by atoms with van der Waals surface area (Å²) in [4.78, 5) is 25.5. The zero-order valence-corrected chi connectivity index (χ0v) is 10.7. The number of nitrogens with two attached hydrogens (primary N) is 1. The quantitative estimate of drug-likeness (QED) is 0.680. The van der Waals surface area contributed by atoms with Crippen LogP contribution in [0.1, 0.15) is 32.6 Å². The van der Waals surface area contributed by atoms with Crippen LogP contribution in [0.3, 0.4) is 0 Å². The van der Waals surface area contributed by atoms with Crippen LogP contribution in [0.2, 0.25) is 0 Å². The van der Waals surface area contributed by atoms with E-state index in [4.69, 9.17) is 10.5 Å². The number of fused-ring (bicyclic) bond motifs is 1. The molecule has 1 saturated carbocycles. The summed E-state index contributed by atoms with van der Waals surface area (Å²) in [5.74, 6) is 0.322. The minimum atomic E-state index is -0.220. The third kappa shape index (κ3) is 1.68. The van der Waals surface area contributed by atoms with Gasteiger partial charge in [0.1, 0.15) is 0 Å². The van der Waals surface area contributed by atoms with E-state index in [-0.39, 0.29) is 35.9 Å². The summed E-state index contributed by atoms with van der Waals surface area (Å²) in [6.07, 6.45) is 2.96. The average molecular weight is 252 g/mol. The molecule has 2 saturated heterocycles. The number of carbonyl (C=O) groups excluding carboxylic acids is 2. The summed E-state index contributed by atoms with van der Waals surface area (Å²) in [5.41, 5.74) is 6.14. The van der Waals surface area contributed by atoms with Gasteiger partial charge in [-0.1, -0.05) is 6.92 Å². The Morgan fingerprint density at radius 3 is 2.61 bits per heavy atom. The van der Waals surface area contributed by atoms with Crippen molar-refractivity contribution in [3.05, 3.63) is 0 Å². The Balaban J connectivity index is 1.78. The van der Waals surface area contributed by atoms with E-state index in [2.05, 4.69) is 0 Å². The van der Waals surface area contributed by atoms with Gasteiger partial charge in [-0.2, -0.15) is 0 Å². The fourth-order valence-corrected chi connectivity index (χ4v) is 3.57. The van der Waals surface area contributed by atoms with Crippen molar-refractivity contribution >= 4 is 11.8 Å². The van der Waals surface area contributed by atoms with Crippen LogP contribution < -0.4 is 5.73 Å². The topological polar surface area (TPSA) is 72.6 Å². The first-order chi connectivity index (χ1) is 8.59. The van der Waals surface area contributed by atoms with Gasteiger partial charge in [0.15, 0.2) is 0 Å².